The Labute approximate surface area is 143 Å². The first-order chi connectivity index (χ1) is 11.2. The van der Waals surface area contributed by atoms with Gasteiger partial charge < -0.3 is 9.84 Å². The van der Waals surface area contributed by atoms with Crippen molar-refractivity contribution in [3.05, 3.63) is 0 Å². The largest absolute Gasteiger partial charge is 0.390 e. The lowest BCUT2D eigenvalue weighted by atomic mass is 9.74. The van der Waals surface area contributed by atoms with Gasteiger partial charge in [0.15, 0.2) is 0 Å². The second kappa shape index (κ2) is 8.85. The molecule has 0 unspecified atom stereocenters. The van der Waals surface area contributed by atoms with Crippen molar-refractivity contribution in [3.63, 3.8) is 0 Å². The Balaban J connectivity index is 1.60. The third kappa shape index (κ3) is 5.19. The maximum absolute atomic E-state index is 10.7. The Morgan fingerprint density at radius 1 is 0.609 bits per heavy atom. The molecule has 6 aliphatic rings. The Morgan fingerprint density at radius 2 is 1.04 bits per heavy atom. The molecule has 0 aliphatic heterocycles. The Bertz CT molecular complexity index is 327. The summed E-state index contributed by atoms with van der Waals surface area (Å²) < 4.78 is 5.71. The monoisotopic (exact) mass is 322 g/mol. The molecule has 0 aromatic rings. The molecule has 134 valence electrons. The lowest BCUT2D eigenvalue weighted by molar-refractivity contribution is -0.0414. The predicted octanol–water partition coefficient (Wildman–Crippen LogP) is 5.33. The van der Waals surface area contributed by atoms with Crippen LogP contribution in [0.5, 0.6) is 0 Å². The highest BCUT2D eigenvalue weighted by Gasteiger charge is 2.30. The summed E-state index contributed by atoms with van der Waals surface area (Å²) in [5.41, 5.74) is 0. The van der Waals surface area contributed by atoms with Gasteiger partial charge in [-0.3, -0.25) is 0 Å². The van der Waals surface area contributed by atoms with Crippen LogP contribution in [0.15, 0.2) is 0 Å². The molecular formula is C21H38O2. The molecule has 0 saturated heterocycles. The van der Waals surface area contributed by atoms with Crippen molar-refractivity contribution in [1.29, 1.82) is 0 Å². The van der Waals surface area contributed by atoms with Crippen molar-refractivity contribution in [1.82, 2.24) is 0 Å². The Hall–Kier alpha value is -0.0800. The van der Waals surface area contributed by atoms with Gasteiger partial charge in [0, 0.05) is 7.11 Å². The van der Waals surface area contributed by atoms with E-state index in [1.54, 1.807) is 7.11 Å². The van der Waals surface area contributed by atoms with Gasteiger partial charge in [0.05, 0.1) is 12.2 Å². The summed E-state index contributed by atoms with van der Waals surface area (Å²) in [6, 6.07) is 0. The quantitative estimate of drug-likeness (QED) is 0.707. The molecule has 6 aliphatic carbocycles. The molecule has 6 rings (SSSR count). The van der Waals surface area contributed by atoms with E-state index in [0.717, 1.165) is 36.5 Å². The molecule has 0 amide bonds. The lowest BCUT2D eigenvalue weighted by Crippen LogP contribution is -2.34. The molecule has 0 aromatic carbocycles. The van der Waals surface area contributed by atoms with Gasteiger partial charge in [-0.15, -0.1) is 0 Å². The lowest BCUT2D eigenvalue weighted by Gasteiger charge is -2.35. The van der Waals surface area contributed by atoms with Crippen molar-refractivity contribution in [2.45, 2.75) is 102 Å². The average molecular weight is 323 g/mol. The van der Waals surface area contributed by atoms with E-state index in [-0.39, 0.29) is 12.2 Å². The molecule has 0 aromatic heterocycles. The summed E-state index contributed by atoms with van der Waals surface area (Å²) in [5, 5.41) is 10.7. The number of aliphatic hydroxyl groups is 1. The van der Waals surface area contributed by atoms with Crippen LogP contribution >= 0.6 is 0 Å². The molecule has 1 N–H and O–H groups in total. The standard InChI is InChI=1S/C21H38O2/c1-23-21-15-19-12-8-17(9-13-19)5-3-2-4-16-6-10-18(11-7-16)14-20(21)22/h16-22H,2-15H2,1H3/t16?,17?,18?,19?,20-,21+/m0/s1. The maximum atomic E-state index is 10.7. The van der Waals surface area contributed by atoms with Crippen LogP contribution in [0.3, 0.4) is 0 Å². The minimum absolute atomic E-state index is 0.0715. The fourth-order valence-electron chi connectivity index (χ4n) is 5.61. The second-order valence-electron chi connectivity index (χ2n) is 8.87. The first kappa shape index (κ1) is 17.7. The first-order valence-electron chi connectivity index (χ1n) is 10.5. The van der Waals surface area contributed by atoms with Crippen molar-refractivity contribution in [2.75, 3.05) is 7.11 Å². The van der Waals surface area contributed by atoms with Crippen LogP contribution in [-0.4, -0.2) is 24.4 Å². The third-order valence-electron chi connectivity index (χ3n) is 7.28. The van der Waals surface area contributed by atoms with Gasteiger partial charge in [-0.1, -0.05) is 77.0 Å². The summed E-state index contributed by atoms with van der Waals surface area (Å²) in [5.74, 6) is 3.49. The van der Waals surface area contributed by atoms with Crippen LogP contribution in [0.4, 0.5) is 0 Å². The Kier molecular flexibility index (Phi) is 6.83. The van der Waals surface area contributed by atoms with E-state index in [2.05, 4.69) is 0 Å². The minimum atomic E-state index is -0.243. The highest BCUT2D eigenvalue weighted by molar-refractivity contribution is 4.82. The van der Waals surface area contributed by atoms with Crippen molar-refractivity contribution in [3.8, 4) is 0 Å². The number of methoxy groups -OCH3 is 1. The molecule has 0 spiro atoms. The number of hydrogen-bond donors (Lipinski definition) is 1. The predicted molar refractivity (Wildman–Crippen MR) is 95.4 cm³/mol. The fourth-order valence-corrected chi connectivity index (χ4v) is 5.61. The molecule has 2 heteroatoms. The molecule has 6 saturated carbocycles. The van der Waals surface area contributed by atoms with Crippen LogP contribution in [0, 0.1) is 23.7 Å². The summed E-state index contributed by atoms with van der Waals surface area (Å²) in [6.07, 6.45) is 18.8. The molecule has 6 fully saturated rings. The third-order valence-corrected chi connectivity index (χ3v) is 7.28. The topological polar surface area (TPSA) is 29.5 Å². The second-order valence-corrected chi connectivity index (χ2v) is 8.87. The zero-order chi connectivity index (χ0) is 16.1. The van der Waals surface area contributed by atoms with Crippen LogP contribution in [0.1, 0.15) is 89.9 Å². The normalized spacial score (nSPS) is 43.6. The number of aliphatic hydroxyl groups excluding tert-OH is 1. The van der Waals surface area contributed by atoms with E-state index in [9.17, 15) is 5.11 Å². The van der Waals surface area contributed by atoms with Gasteiger partial charge in [0.1, 0.15) is 0 Å². The first-order valence-corrected chi connectivity index (χ1v) is 10.5. The van der Waals surface area contributed by atoms with E-state index in [1.165, 1.54) is 77.0 Å². The van der Waals surface area contributed by atoms with Crippen molar-refractivity contribution in [2.24, 2.45) is 23.7 Å². The molecule has 2 nitrogen and oxygen atoms in total. The van der Waals surface area contributed by atoms with Crippen molar-refractivity contribution < 1.29 is 9.84 Å². The molecule has 0 radical (unpaired) electrons. The van der Waals surface area contributed by atoms with Crippen LogP contribution in [-0.2, 0) is 4.74 Å². The minimum Gasteiger partial charge on any atom is -0.390 e. The zero-order valence-electron chi connectivity index (χ0n) is 15.2. The molecule has 2 atom stereocenters. The fraction of sp³-hybridized carbons (Fsp3) is 1.00. The maximum Gasteiger partial charge on any atom is 0.0832 e. The van der Waals surface area contributed by atoms with Gasteiger partial charge in [-0.05, 0) is 36.5 Å². The van der Waals surface area contributed by atoms with Crippen LogP contribution < -0.4 is 0 Å². The average Bonchev–Trinajstić information content (AvgIpc) is 2.58. The Morgan fingerprint density at radius 3 is 1.52 bits per heavy atom. The van der Waals surface area contributed by atoms with Gasteiger partial charge in [0.2, 0.25) is 0 Å². The molecule has 0 heterocycles. The van der Waals surface area contributed by atoms with Crippen molar-refractivity contribution >= 4 is 0 Å². The van der Waals surface area contributed by atoms with Crippen LogP contribution in [0.25, 0.3) is 0 Å². The van der Waals surface area contributed by atoms with Gasteiger partial charge in [-0.2, -0.15) is 0 Å². The molecular weight excluding hydrogens is 284 g/mol. The van der Waals surface area contributed by atoms with E-state index >= 15 is 0 Å². The summed E-state index contributed by atoms with van der Waals surface area (Å²) in [6.45, 7) is 0. The van der Waals surface area contributed by atoms with E-state index in [4.69, 9.17) is 4.74 Å². The van der Waals surface area contributed by atoms with Gasteiger partial charge in [-0.25, -0.2) is 0 Å². The smallest absolute Gasteiger partial charge is 0.0832 e. The number of rotatable bonds is 1. The summed E-state index contributed by atoms with van der Waals surface area (Å²) >= 11 is 0. The van der Waals surface area contributed by atoms with E-state index in [0.29, 0.717) is 0 Å². The van der Waals surface area contributed by atoms with E-state index < -0.39 is 0 Å². The van der Waals surface area contributed by atoms with Gasteiger partial charge >= 0.3 is 0 Å². The highest BCUT2D eigenvalue weighted by Crippen LogP contribution is 2.38. The SMILES string of the molecule is CO[C@@H]1CC2CCC(CCCCC3CCC(CC3)C[C@@H]1O)CC2. The highest BCUT2D eigenvalue weighted by atomic mass is 16.5. The zero-order valence-corrected chi connectivity index (χ0v) is 15.2. The number of hydrogen-bond acceptors (Lipinski definition) is 2. The molecule has 23 heavy (non-hydrogen) atoms. The van der Waals surface area contributed by atoms with E-state index in [1.807, 2.05) is 0 Å². The van der Waals surface area contributed by atoms with Crippen LogP contribution in [0.2, 0.25) is 0 Å². The summed E-state index contributed by atoms with van der Waals surface area (Å²) in [7, 11) is 1.80. The molecule has 4 bridgehead atoms. The van der Waals surface area contributed by atoms with Gasteiger partial charge in [0.25, 0.3) is 0 Å². The summed E-state index contributed by atoms with van der Waals surface area (Å²) in [4.78, 5) is 0. The number of ether oxygens (including phenoxy) is 1.